The third kappa shape index (κ3) is 3.87. The van der Waals surface area contributed by atoms with Gasteiger partial charge >= 0.3 is 0 Å². The van der Waals surface area contributed by atoms with Crippen molar-refractivity contribution in [2.45, 2.75) is 32.6 Å². The van der Waals surface area contributed by atoms with E-state index >= 15 is 0 Å². The van der Waals surface area contributed by atoms with Crippen LogP contribution in [0.15, 0.2) is 24.3 Å². The minimum Gasteiger partial charge on any atom is -0.273 e. The Morgan fingerprint density at radius 3 is 2.44 bits per heavy atom. The van der Waals surface area contributed by atoms with Crippen LogP contribution in [-0.4, -0.2) is 11.8 Å². The molecule has 0 atom stereocenters. The molecule has 1 aliphatic carbocycles. The van der Waals surface area contributed by atoms with Gasteiger partial charge in [0.2, 0.25) is 11.8 Å². The van der Waals surface area contributed by atoms with Gasteiger partial charge in [0.25, 0.3) is 0 Å². The normalized spacial score (nSPS) is 14.1. The zero-order valence-electron chi connectivity index (χ0n) is 10.5. The van der Waals surface area contributed by atoms with Gasteiger partial charge in [0.05, 0.1) is 0 Å². The number of carbonyl (C=O) groups is 2. The molecule has 0 heterocycles. The minimum absolute atomic E-state index is 0.0707. The summed E-state index contributed by atoms with van der Waals surface area (Å²) < 4.78 is 0. The molecule has 2 rings (SSSR count). The van der Waals surface area contributed by atoms with Crippen molar-refractivity contribution >= 4 is 11.8 Å². The molecule has 96 valence electrons. The monoisotopic (exact) mass is 246 g/mol. The Labute approximate surface area is 107 Å². The summed E-state index contributed by atoms with van der Waals surface area (Å²) in [7, 11) is 0. The van der Waals surface area contributed by atoms with Crippen molar-refractivity contribution in [1.82, 2.24) is 10.9 Å². The van der Waals surface area contributed by atoms with Crippen LogP contribution >= 0.6 is 0 Å². The summed E-state index contributed by atoms with van der Waals surface area (Å²) >= 11 is 0. The van der Waals surface area contributed by atoms with Crippen LogP contribution < -0.4 is 10.9 Å². The molecule has 18 heavy (non-hydrogen) atoms. The lowest BCUT2D eigenvalue weighted by Crippen LogP contribution is -2.42. The SMILES string of the molecule is Cc1ccc(CCC(=O)NNC(=O)C2CC2)cc1. The molecule has 2 N–H and O–H groups in total. The van der Waals surface area contributed by atoms with Crippen LogP contribution in [0.1, 0.15) is 30.4 Å². The Kier molecular flexibility index (Phi) is 3.97. The van der Waals surface area contributed by atoms with Gasteiger partial charge in [-0.1, -0.05) is 29.8 Å². The van der Waals surface area contributed by atoms with Gasteiger partial charge in [-0.25, -0.2) is 0 Å². The lowest BCUT2D eigenvalue weighted by Gasteiger charge is -2.06. The number of rotatable bonds is 4. The summed E-state index contributed by atoms with van der Waals surface area (Å²) in [6.45, 7) is 2.03. The number of benzene rings is 1. The highest BCUT2D eigenvalue weighted by molar-refractivity contribution is 5.84. The molecule has 2 amide bonds. The van der Waals surface area contributed by atoms with E-state index in [-0.39, 0.29) is 17.7 Å². The van der Waals surface area contributed by atoms with Gasteiger partial charge in [0, 0.05) is 12.3 Å². The number of hydrazine groups is 1. The van der Waals surface area contributed by atoms with Crippen molar-refractivity contribution in [2.24, 2.45) is 5.92 Å². The maximum Gasteiger partial charge on any atom is 0.241 e. The second-order valence-electron chi connectivity index (χ2n) is 4.80. The van der Waals surface area contributed by atoms with Crippen molar-refractivity contribution < 1.29 is 9.59 Å². The summed E-state index contributed by atoms with van der Waals surface area (Å²) in [5.74, 6) is -0.106. The minimum atomic E-state index is -0.149. The summed E-state index contributed by atoms with van der Waals surface area (Å²) in [4.78, 5) is 22.8. The molecule has 1 aromatic carbocycles. The fourth-order valence-electron chi connectivity index (χ4n) is 1.65. The van der Waals surface area contributed by atoms with Crippen LogP contribution in [-0.2, 0) is 16.0 Å². The molecule has 1 aromatic rings. The predicted molar refractivity (Wildman–Crippen MR) is 68.5 cm³/mol. The highest BCUT2D eigenvalue weighted by atomic mass is 16.2. The Morgan fingerprint density at radius 2 is 1.83 bits per heavy atom. The molecule has 0 saturated heterocycles. The number of hydrogen-bond donors (Lipinski definition) is 2. The van der Waals surface area contributed by atoms with Crippen LogP contribution in [0, 0.1) is 12.8 Å². The van der Waals surface area contributed by atoms with Gasteiger partial charge < -0.3 is 0 Å². The molecule has 0 spiro atoms. The number of aryl methyl sites for hydroxylation is 2. The topological polar surface area (TPSA) is 58.2 Å². The van der Waals surface area contributed by atoms with Crippen molar-refractivity contribution in [3.05, 3.63) is 35.4 Å². The number of nitrogens with one attached hydrogen (secondary N) is 2. The Morgan fingerprint density at radius 1 is 1.17 bits per heavy atom. The van der Waals surface area contributed by atoms with E-state index in [0.717, 1.165) is 18.4 Å². The van der Waals surface area contributed by atoms with E-state index in [1.165, 1.54) is 5.56 Å². The Balaban J connectivity index is 1.67. The van der Waals surface area contributed by atoms with Crippen molar-refractivity contribution in [3.8, 4) is 0 Å². The first-order valence-corrected chi connectivity index (χ1v) is 6.29. The number of amides is 2. The van der Waals surface area contributed by atoms with Crippen molar-refractivity contribution in [1.29, 1.82) is 0 Å². The van der Waals surface area contributed by atoms with Crippen LogP contribution in [0.5, 0.6) is 0 Å². The number of hydrogen-bond acceptors (Lipinski definition) is 2. The largest absolute Gasteiger partial charge is 0.273 e. The van der Waals surface area contributed by atoms with Gasteiger partial charge in [-0.15, -0.1) is 0 Å². The van der Waals surface area contributed by atoms with E-state index < -0.39 is 0 Å². The lowest BCUT2D eigenvalue weighted by molar-refractivity contribution is -0.129. The van der Waals surface area contributed by atoms with E-state index in [0.29, 0.717) is 12.8 Å². The second kappa shape index (κ2) is 5.67. The molecule has 1 aliphatic rings. The molecule has 4 heteroatoms. The molecule has 0 radical (unpaired) electrons. The number of carbonyl (C=O) groups excluding carboxylic acids is 2. The van der Waals surface area contributed by atoms with E-state index in [4.69, 9.17) is 0 Å². The maximum atomic E-state index is 11.5. The fraction of sp³-hybridized carbons (Fsp3) is 0.429. The zero-order valence-corrected chi connectivity index (χ0v) is 10.5. The molecule has 1 fully saturated rings. The van der Waals surface area contributed by atoms with Gasteiger partial charge in [-0.05, 0) is 31.7 Å². The second-order valence-corrected chi connectivity index (χ2v) is 4.80. The molecule has 0 bridgehead atoms. The molecular formula is C14H18N2O2. The smallest absolute Gasteiger partial charge is 0.241 e. The summed E-state index contributed by atoms with van der Waals surface area (Å²) in [6.07, 6.45) is 2.94. The Hall–Kier alpha value is -1.84. The highest BCUT2D eigenvalue weighted by Gasteiger charge is 2.29. The van der Waals surface area contributed by atoms with Crippen LogP contribution in [0.4, 0.5) is 0 Å². The zero-order chi connectivity index (χ0) is 13.0. The lowest BCUT2D eigenvalue weighted by atomic mass is 10.1. The molecule has 0 unspecified atom stereocenters. The van der Waals surface area contributed by atoms with Crippen LogP contribution in [0.25, 0.3) is 0 Å². The molecular weight excluding hydrogens is 228 g/mol. The molecule has 0 aromatic heterocycles. The highest BCUT2D eigenvalue weighted by Crippen LogP contribution is 2.28. The van der Waals surface area contributed by atoms with Crippen molar-refractivity contribution in [3.63, 3.8) is 0 Å². The van der Waals surface area contributed by atoms with Gasteiger partial charge in [0.1, 0.15) is 0 Å². The van der Waals surface area contributed by atoms with Crippen LogP contribution in [0.3, 0.4) is 0 Å². The summed E-state index contributed by atoms with van der Waals surface area (Å²) in [5.41, 5.74) is 7.24. The standard InChI is InChI=1S/C14H18N2O2/c1-10-2-4-11(5-3-10)6-9-13(17)15-16-14(18)12-7-8-12/h2-5,12H,6-9H2,1H3,(H,15,17)(H,16,18). The summed E-state index contributed by atoms with van der Waals surface area (Å²) in [5, 5.41) is 0. The first-order valence-electron chi connectivity index (χ1n) is 6.29. The third-order valence-corrected chi connectivity index (χ3v) is 3.03. The fourth-order valence-corrected chi connectivity index (χ4v) is 1.65. The summed E-state index contributed by atoms with van der Waals surface area (Å²) in [6, 6.07) is 8.10. The third-order valence-electron chi connectivity index (χ3n) is 3.03. The van der Waals surface area contributed by atoms with Gasteiger partial charge in [0.15, 0.2) is 0 Å². The van der Waals surface area contributed by atoms with Gasteiger partial charge in [-0.3, -0.25) is 20.4 Å². The van der Waals surface area contributed by atoms with E-state index in [9.17, 15) is 9.59 Å². The van der Waals surface area contributed by atoms with Gasteiger partial charge in [-0.2, -0.15) is 0 Å². The first-order chi connectivity index (χ1) is 8.65. The van der Waals surface area contributed by atoms with E-state index in [1.54, 1.807) is 0 Å². The molecule has 1 saturated carbocycles. The first kappa shape index (κ1) is 12.6. The van der Waals surface area contributed by atoms with Crippen molar-refractivity contribution in [2.75, 3.05) is 0 Å². The van der Waals surface area contributed by atoms with E-state index in [2.05, 4.69) is 10.9 Å². The van der Waals surface area contributed by atoms with Crippen LogP contribution in [0.2, 0.25) is 0 Å². The Bertz CT molecular complexity index is 436. The predicted octanol–water partition coefficient (Wildman–Crippen LogP) is 1.49. The molecule has 4 nitrogen and oxygen atoms in total. The maximum absolute atomic E-state index is 11.5. The van der Waals surface area contributed by atoms with E-state index in [1.807, 2.05) is 31.2 Å². The molecule has 0 aliphatic heterocycles. The quantitative estimate of drug-likeness (QED) is 0.791. The average Bonchev–Trinajstić information content (AvgIpc) is 3.19. The average molecular weight is 246 g/mol.